The van der Waals surface area contributed by atoms with Gasteiger partial charge < -0.3 is 5.11 Å². The van der Waals surface area contributed by atoms with Crippen molar-refractivity contribution < 1.29 is 9.90 Å². The predicted octanol–water partition coefficient (Wildman–Crippen LogP) is 3.10. The molecular formula is C13H18N2O2S. The van der Waals surface area contributed by atoms with Gasteiger partial charge in [0.15, 0.2) is 0 Å². The number of allylic oxidation sites excluding steroid dienone is 1. The maximum atomic E-state index is 11.2. The highest BCUT2D eigenvalue weighted by Gasteiger charge is 2.17. The van der Waals surface area contributed by atoms with E-state index in [-0.39, 0.29) is 5.56 Å². The molecule has 1 aromatic rings. The third-order valence-electron chi connectivity index (χ3n) is 2.42. The van der Waals surface area contributed by atoms with Gasteiger partial charge in [-0.15, -0.1) is 18.3 Å². The summed E-state index contributed by atoms with van der Waals surface area (Å²) >= 11 is 1.48. The highest BCUT2D eigenvalue weighted by atomic mass is 32.2. The molecule has 0 saturated carbocycles. The van der Waals surface area contributed by atoms with Crippen molar-refractivity contribution >= 4 is 17.7 Å². The second-order valence-electron chi connectivity index (χ2n) is 3.84. The van der Waals surface area contributed by atoms with Crippen LogP contribution in [0.5, 0.6) is 0 Å². The van der Waals surface area contributed by atoms with Crippen LogP contribution in [0.4, 0.5) is 0 Å². The summed E-state index contributed by atoms with van der Waals surface area (Å²) in [5.74, 6) is 0.580. The average molecular weight is 266 g/mol. The number of thioether (sulfide) groups is 1. The van der Waals surface area contributed by atoms with Gasteiger partial charge in [0.05, 0.1) is 5.69 Å². The molecule has 0 atom stereocenters. The van der Waals surface area contributed by atoms with Crippen molar-refractivity contribution in [3.63, 3.8) is 0 Å². The van der Waals surface area contributed by atoms with Crippen LogP contribution >= 0.6 is 11.8 Å². The van der Waals surface area contributed by atoms with Crippen LogP contribution in [-0.2, 0) is 6.42 Å². The lowest BCUT2D eigenvalue weighted by Crippen LogP contribution is -2.09. The number of carbonyl (C=O) groups is 1. The summed E-state index contributed by atoms with van der Waals surface area (Å²) in [6, 6.07) is 0. The van der Waals surface area contributed by atoms with Crippen molar-refractivity contribution in [2.45, 2.75) is 38.1 Å². The predicted molar refractivity (Wildman–Crippen MR) is 73.3 cm³/mol. The fraction of sp³-hybridized carbons (Fsp3) is 0.462. The van der Waals surface area contributed by atoms with Crippen LogP contribution in [-0.4, -0.2) is 26.8 Å². The Morgan fingerprint density at radius 3 is 2.78 bits per heavy atom. The number of nitrogens with zero attached hydrogens (tertiary/aromatic N) is 2. The number of aromatic carboxylic acids is 1. The molecule has 1 aromatic heterocycles. The fourth-order valence-electron chi connectivity index (χ4n) is 1.51. The normalized spacial score (nSPS) is 10.3. The monoisotopic (exact) mass is 266 g/mol. The Morgan fingerprint density at radius 2 is 2.22 bits per heavy atom. The first kappa shape index (κ1) is 14.7. The highest BCUT2D eigenvalue weighted by molar-refractivity contribution is 7.99. The van der Waals surface area contributed by atoms with Gasteiger partial charge in [-0.25, -0.2) is 14.8 Å². The van der Waals surface area contributed by atoms with Gasteiger partial charge >= 0.3 is 5.97 Å². The maximum absolute atomic E-state index is 11.2. The number of unbranched alkanes of at least 4 members (excludes halogenated alkanes) is 1. The summed E-state index contributed by atoms with van der Waals surface area (Å²) in [5, 5.41) is 9.78. The Labute approximate surface area is 112 Å². The number of rotatable bonds is 7. The SMILES string of the molecule is C=CCCCSc1nc(CC)nc(C)c1C(=O)O. The summed E-state index contributed by atoms with van der Waals surface area (Å²) < 4.78 is 0. The number of carboxylic acids is 1. The quantitative estimate of drug-likeness (QED) is 0.355. The Balaban J connectivity index is 2.94. The summed E-state index contributed by atoms with van der Waals surface area (Å²) in [6.45, 7) is 7.34. The first-order valence-electron chi connectivity index (χ1n) is 5.94. The lowest BCUT2D eigenvalue weighted by Gasteiger charge is -2.09. The summed E-state index contributed by atoms with van der Waals surface area (Å²) in [6.07, 6.45) is 4.47. The van der Waals surface area contributed by atoms with Crippen LogP contribution in [0.3, 0.4) is 0 Å². The summed E-state index contributed by atoms with van der Waals surface area (Å²) in [7, 11) is 0. The van der Waals surface area contributed by atoms with Gasteiger partial charge in [-0.2, -0.15) is 0 Å². The van der Waals surface area contributed by atoms with Gasteiger partial charge in [0.1, 0.15) is 16.4 Å². The number of aromatic nitrogens is 2. The second-order valence-corrected chi connectivity index (χ2v) is 4.93. The minimum Gasteiger partial charge on any atom is -0.478 e. The molecule has 1 heterocycles. The average Bonchev–Trinajstić information content (AvgIpc) is 2.33. The van der Waals surface area contributed by atoms with Crippen LogP contribution < -0.4 is 0 Å². The van der Waals surface area contributed by atoms with E-state index in [2.05, 4.69) is 16.5 Å². The van der Waals surface area contributed by atoms with Gasteiger partial charge in [-0.1, -0.05) is 13.0 Å². The molecule has 0 saturated heterocycles. The molecule has 1 rings (SSSR count). The van der Waals surface area contributed by atoms with Crippen molar-refractivity contribution in [2.75, 3.05) is 5.75 Å². The Hall–Kier alpha value is -1.36. The van der Waals surface area contributed by atoms with E-state index >= 15 is 0 Å². The van der Waals surface area contributed by atoms with E-state index in [0.29, 0.717) is 23.0 Å². The minimum atomic E-state index is -0.957. The van der Waals surface area contributed by atoms with Crippen molar-refractivity contribution in [3.8, 4) is 0 Å². The Kier molecular flexibility index (Phi) is 5.85. The van der Waals surface area contributed by atoms with E-state index < -0.39 is 5.97 Å². The molecule has 5 heteroatoms. The molecule has 0 aliphatic heterocycles. The molecule has 0 radical (unpaired) electrons. The molecule has 4 nitrogen and oxygen atoms in total. The molecule has 98 valence electrons. The molecular weight excluding hydrogens is 248 g/mol. The van der Waals surface area contributed by atoms with Gasteiger partial charge in [-0.3, -0.25) is 0 Å². The molecule has 0 aromatic carbocycles. The van der Waals surface area contributed by atoms with Gasteiger partial charge in [-0.05, 0) is 25.5 Å². The van der Waals surface area contributed by atoms with Crippen LogP contribution in [0, 0.1) is 6.92 Å². The minimum absolute atomic E-state index is 0.232. The molecule has 0 aliphatic rings. The smallest absolute Gasteiger partial charge is 0.340 e. The Bertz CT molecular complexity index is 447. The van der Waals surface area contributed by atoms with Crippen LogP contribution in [0.2, 0.25) is 0 Å². The molecule has 18 heavy (non-hydrogen) atoms. The number of hydrogen-bond acceptors (Lipinski definition) is 4. The molecule has 0 amide bonds. The van der Waals surface area contributed by atoms with Crippen molar-refractivity contribution in [3.05, 3.63) is 29.7 Å². The van der Waals surface area contributed by atoms with Crippen molar-refractivity contribution in [1.82, 2.24) is 9.97 Å². The largest absolute Gasteiger partial charge is 0.478 e. The lowest BCUT2D eigenvalue weighted by atomic mass is 10.2. The molecule has 0 aliphatic carbocycles. The zero-order valence-electron chi connectivity index (χ0n) is 10.8. The molecule has 0 bridgehead atoms. The number of carboxylic acid groups (broad SMARTS) is 1. The molecule has 0 spiro atoms. The van der Waals surface area contributed by atoms with Crippen LogP contribution in [0.15, 0.2) is 17.7 Å². The van der Waals surface area contributed by atoms with E-state index in [4.69, 9.17) is 0 Å². The maximum Gasteiger partial charge on any atom is 0.340 e. The molecule has 0 unspecified atom stereocenters. The van der Waals surface area contributed by atoms with E-state index in [1.165, 1.54) is 11.8 Å². The lowest BCUT2D eigenvalue weighted by molar-refractivity contribution is 0.0690. The number of aryl methyl sites for hydroxylation is 2. The second kappa shape index (κ2) is 7.16. The van der Waals surface area contributed by atoms with Crippen molar-refractivity contribution in [2.24, 2.45) is 0 Å². The summed E-state index contributed by atoms with van der Waals surface area (Å²) in [4.78, 5) is 19.7. The van der Waals surface area contributed by atoms with E-state index in [0.717, 1.165) is 18.6 Å². The van der Waals surface area contributed by atoms with Crippen LogP contribution in [0.1, 0.15) is 41.6 Å². The topological polar surface area (TPSA) is 63.1 Å². The van der Waals surface area contributed by atoms with Gasteiger partial charge in [0.2, 0.25) is 0 Å². The zero-order valence-corrected chi connectivity index (χ0v) is 11.6. The van der Waals surface area contributed by atoms with Gasteiger partial charge in [0, 0.05) is 6.42 Å². The first-order chi connectivity index (χ1) is 8.60. The van der Waals surface area contributed by atoms with Crippen molar-refractivity contribution in [1.29, 1.82) is 0 Å². The van der Waals surface area contributed by atoms with Crippen LogP contribution in [0.25, 0.3) is 0 Å². The highest BCUT2D eigenvalue weighted by Crippen LogP contribution is 2.24. The van der Waals surface area contributed by atoms with E-state index in [1.807, 2.05) is 13.0 Å². The summed E-state index contributed by atoms with van der Waals surface area (Å²) in [5.41, 5.74) is 0.774. The third kappa shape index (κ3) is 3.84. The standard InChI is InChI=1S/C13H18N2O2S/c1-4-6-7-8-18-12-11(13(16)17)9(3)14-10(5-2)15-12/h4H,1,5-8H2,2-3H3,(H,16,17). The molecule has 1 N–H and O–H groups in total. The first-order valence-corrected chi connectivity index (χ1v) is 6.93. The fourth-order valence-corrected chi connectivity index (χ4v) is 2.56. The third-order valence-corrected chi connectivity index (χ3v) is 3.49. The van der Waals surface area contributed by atoms with E-state index in [9.17, 15) is 9.90 Å². The molecule has 0 fully saturated rings. The Morgan fingerprint density at radius 1 is 1.50 bits per heavy atom. The zero-order chi connectivity index (χ0) is 13.5. The number of hydrogen-bond donors (Lipinski definition) is 1. The van der Waals surface area contributed by atoms with Gasteiger partial charge in [0.25, 0.3) is 0 Å². The van der Waals surface area contributed by atoms with E-state index in [1.54, 1.807) is 6.92 Å².